The van der Waals surface area contributed by atoms with E-state index in [2.05, 4.69) is 12.2 Å². The van der Waals surface area contributed by atoms with Crippen LogP contribution in [0.25, 0.3) is 0 Å². The minimum absolute atomic E-state index is 0.0421. The Morgan fingerprint density at radius 3 is 2.57 bits per heavy atom. The molecule has 0 radical (unpaired) electrons. The minimum atomic E-state index is -0.0965. The van der Waals surface area contributed by atoms with Crippen LogP contribution >= 0.6 is 0 Å². The van der Waals surface area contributed by atoms with Gasteiger partial charge in [-0.3, -0.25) is 4.79 Å². The first-order valence-corrected chi connectivity index (χ1v) is 7.85. The second kappa shape index (κ2) is 10.4. The van der Waals surface area contributed by atoms with Crippen LogP contribution in [0.2, 0.25) is 0 Å². The van der Waals surface area contributed by atoms with Gasteiger partial charge in [0, 0.05) is 25.6 Å². The highest BCUT2D eigenvalue weighted by molar-refractivity contribution is 5.75. The molecule has 1 amide bonds. The summed E-state index contributed by atoms with van der Waals surface area (Å²) in [5.74, 6) is 0.409. The van der Waals surface area contributed by atoms with Crippen molar-refractivity contribution >= 4 is 5.91 Å². The second-order valence-electron chi connectivity index (χ2n) is 5.53. The quantitative estimate of drug-likeness (QED) is 0.620. The Morgan fingerprint density at radius 2 is 1.95 bits per heavy atom. The molecule has 0 aliphatic carbocycles. The van der Waals surface area contributed by atoms with Gasteiger partial charge in [-0.05, 0) is 30.7 Å². The van der Waals surface area contributed by atoms with Crippen LogP contribution in [-0.2, 0) is 4.79 Å². The molecule has 1 aromatic rings. The molecular weight excluding hydrogens is 264 g/mol. The molecule has 0 bridgehead atoms. The normalized spacial score (nSPS) is 13.7. The number of carbonyl (C=O) groups excluding carboxylic acids is 1. The molecule has 0 aliphatic heterocycles. The molecule has 2 unspecified atom stereocenters. The lowest BCUT2D eigenvalue weighted by atomic mass is 10.00. The number of aliphatic hydroxyl groups excluding tert-OH is 1. The number of benzene rings is 1. The van der Waals surface area contributed by atoms with Crippen molar-refractivity contribution in [2.24, 2.45) is 11.7 Å². The number of hydrogen-bond acceptors (Lipinski definition) is 3. The van der Waals surface area contributed by atoms with Crippen molar-refractivity contribution in [3.63, 3.8) is 0 Å². The van der Waals surface area contributed by atoms with Gasteiger partial charge in [0.15, 0.2) is 0 Å². The van der Waals surface area contributed by atoms with E-state index in [1.165, 1.54) is 0 Å². The standard InChI is InChI=1S/C17H28N2O2/c1-2-6-14(11-12-20)13-19-17(21)10-9-16(18)15-7-4-3-5-8-15/h3-5,7-8,14,16,20H,2,6,9-13,18H2,1H3,(H,19,21). The molecule has 1 aromatic carbocycles. The molecule has 0 spiro atoms. The lowest BCUT2D eigenvalue weighted by Gasteiger charge is -2.16. The number of nitrogens with two attached hydrogens (primary N) is 1. The third kappa shape index (κ3) is 7.25. The Balaban J connectivity index is 2.27. The van der Waals surface area contributed by atoms with E-state index < -0.39 is 0 Å². The van der Waals surface area contributed by atoms with E-state index >= 15 is 0 Å². The zero-order valence-corrected chi connectivity index (χ0v) is 12.9. The monoisotopic (exact) mass is 292 g/mol. The van der Waals surface area contributed by atoms with Crippen molar-refractivity contribution in [2.75, 3.05) is 13.2 Å². The van der Waals surface area contributed by atoms with Gasteiger partial charge in [-0.15, -0.1) is 0 Å². The summed E-state index contributed by atoms with van der Waals surface area (Å²) in [5.41, 5.74) is 7.15. The van der Waals surface area contributed by atoms with Crippen LogP contribution in [0.4, 0.5) is 0 Å². The Morgan fingerprint density at radius 1 is 1.24 bits per heavy atom. The maximum Gasteiger partial charge on any atom is 0.220 e. The van der Waals surface area contributed by atoms with E-state index in [0.29, 0.717) is 25.3 Å². The Labute approximate surface area is 127 Å². The average Bonchev–Trinajstić information content (AvgIpc) is 2.51. The maximum atomic E-state index is 11.9. The van der Waals surface area contributed by atoms with E-state index in [4.69, 9.17) is 10.8 Å². The second-order valence-corrected chi connectivity index (χ2v) is 5.53. The highest BCUT2D eigenvalue weighted by atomic mass is 16.3. The van der Waals surface area contributed by atoms with E-state index in [1.54, 1.807) is 0 Å². The van der Waals surface area contributed by atoms with E-state index in [9.17, 15) is 4.79 Å². The van der Waals surface area contributed by atoms with Crippen molar-refractivity contribution in [1.82, 2.24) is 5.32 Å². The van der Waals surface area contributed by atoms with Gasteiger partial charge in [0.25, 0.3) is 0 Å². The van der Waals surface area contributed by atoms with Gasteiger partial charge in [0.05, 0.1) is 0 Å². The summed E-state index contributed by atoms with van der Waals surface area (Å²) < 4.78 is 0. The first kappa shape index (κ1) is 17.7. The molecule has 0 fully saturated rings. The van der Waals surface area contributed by atoms with E-state index in [1.807, 2.05) is 30.3 Å². The lowest BCUT2D eigenvalue weighted by Crippen LogP contribution is -2.30. The summed E-state index contributed by atoms with van der Waals surface area (Å²) in [4.78, 5) is 11.9. The minimum Gasteiger partial charge on any atom is -0.396 e. The smallest absolute Gasteiger partial charge is 0.220 e. The van der Waals surface area contributed by atoms with Gasteiger partial charge in [0.1, 0.15) is 0 Å². The summed E-state index contributed by atoms with van der Waals surface area (Å²) in [7, 11) is 0. The largest absolute Gasteiger partial charge is 0.396 e. The summed E-state index contributed by atoms with van der Waals surface area (Å²) in [6.07, 6.45) is 3.93. The van der Waals surface area contributed by atoms with Crippen molar-refractivity contribution in [3.8, 4) is 0 Å². The molecular formula is C17H28N2O2. The fourth-order valence-corrected chi connectivity index (χ4v) is 2.44. The zero-order chi connectivity index (χ0) is 15.5. The van der Waals surface area contributed by atoms with Crippen molar-refractivity contribution < 1.29 is 9.90 Å². The van der Waals surface area contributed by atoms with Crippen molar-refractivity contribution in [1.29, 1.82) is 0 Å². The molecule has 1 rings (SSSR count). The zero-order valence-electron chi connectivity index (χ0n) is 12.9. The van der Waals surface area contributed by atoms with Crippen molar-refractivity contribution in [3.05, 3.63) is 35.9 Å². The van der Waals surface area contributed by atoms with Gasteiger partial charge in [0.2, 0.25) is 5.91 Å². The maximum absolute atomic E-state index is 11.9. The highest BCUT2D eigenvalue weighted by Crippen LogP contribution is 2.15. The highest BCUT2D eigenvalue weighted by Gasteiger charge is 2.11. The predicted octanol–water partition coefficient (Wildman–Crippen LogP) is 2.38. The van der Waals surface area contributed by atoms with Gasteiger partial charge >= 0.3 is 0 Å². The fourth-order valence-electron chi connectivity index (χ4n) is 2.44. The summed E-state index contributed by atoms with van der Waals surface area (Å²) in [6.45, 7) is 2.94. The molecule has 0 saturated heterocycles. The summed E-state index contributed by atoms with van der Waals surface area (Å²) >= 11 is 0. The number of aliphatic hydroxyl groups is 1. The summed E-state index contributed by atoms with van der Waals surface area (Å²) in [6, 6.07) is 9.75. The molecule has 21 heavy (non-hydrogen) atoms. The van der Waals surface area contributed by atoms with Gasteiger partial charge in [-0.2, -0.15) is 0 Å². The molecule has 0 aromatic heterocycles. The molecule has 4 heteroatoms. The van der Waals surface area contributed by atoms with Crippen LogP contribution in [0.3, 0.4) is 0 Å². The van der Waals surface area contributed by atoms with Crippen LogP contribution in [0.5, 0.6) is 0 Å². The lowest BCUT2D eigenvalue weighted by molar-refractivity contribution is -0.121. The first-order chi connectivity index (χ1) is 10.2. The Hall–Kier alpha value is -1.39. The SMILES string of the molecule is CCCC(CCO)CNC(=O)CCC(N)c1ccccc1. The van der Waals surface area contributed by atoms with Crippen LogP contribution in [0.15, 0.2) is 30.3 Å². The molecule has 0 aliphatic rings. The summed E-state index contributed by atoms with van der Waals surface area (Å²) in [5, 5.41) is 12.0. The van der Waals surface area contributed by atoms with E-state index in [0.717, 1.165) is 24.8 Å². The van der Waals surface area contributed by atoms with Crippen LogP contribution in [-0.4, -0.2) is 24.2 Å². The molecule has 118 valence electrons. The number of carbonyl (C=O) groups is 1. The van der Waals surface area contributed by atoms with Crippen LogP contribution in [0, 0.1) is 5.92 Å². The van der Waals surface area contributed by atoms with Gasteiger partial charge < -0.3 is 16.2 Å². The average molecular weight is 292 g/mol. The molecule has 2 atom stereocenters. The topological polar surface area (TPSA) is 75.3 Å². The molecule has 0 saturated carbocycles. The Kier molecular flexibility index (Phi) is 8.71. The third-order valence-corrected chi connectivity index (χ3v) is 3.73. The fraction of sp³-hybridized carbons (Fsp3) is 0.588. The molecule has 4 nitrogen and oxygen atoms in total. The van der Waals surface area contributed by atoms with Gasteiger partial charge in [-0.1, -0.05) is 43.7 Å². The molecule has 0 heterocycles. The first-order valence-electron chi connectivity index (χ1n) is 7.85. The number of hydrogen-bond donors (Lipinski definition) is 3. The third-order valence-electron chi connectivity index (χ3n) is 3.73. The number of rotatable bonds is 10. The van der Waals surface area contributed by atoms with E-state index in [-0.39, 0.29) is 18.6 Å². The van der Waals surface area contributed by atoms with Crippen LogP contribution < -0.4 is 11.1 Å². The van der Waals surface area contributed by atoms with Crippen molar-refractivity contribution in [2.45, 2.75) is 45.1 Å². The number of amides is 1. The van der Waals surface area contributed by atoms with Crippen LogP contribution in [0.1, 0.15) is 50.6 Å². The van der Waals surface area contributed by atoms with Gasteiger partial charge in [-0.25, -0.2) is 0 Å². The number of nitrogens with one attached hydrogen (secondary N) is 1. The molecule has 4 N–H and O–H groups in total. The Bertz CT molecular complexity index is 389. The predicted molar refractivity (Wildman–Crippen MR) is 85.7 cm³/mol.